The van der Waals surface area contributed by atoms with Crippen molar-refractivity contribution in [3.05, 3.63) is 20.8 Å². The monoisotopic (exact) mass is 286 g/mol. The summed E-state index contributed by atoms with van der Waals surface area (Å²) in [5, 5.41) is 3.67. The first-order valence-electron chi connectivity index (χ1n) is 6.79. The average Bonchev–Trinajstić information content (AvgIpc) is 2.84. The van der Waals surface area contributed by atoms with Crippen LogP contribution in [0.2, 0.25) is 4.34 Å². The maximum absolute atomic E-state index is 6.07. The molecule has 0 radical (unpaired) electrons. The van der Waals surface area contributed by atoms with E-state index in [0.717, 1.165) is 17.4 Å². The van der Waals surface area contributed by atoms with Gasteiger partial charge in [-0.15, -0.1) is 11.3 Å². The van der Waals surface area contributed by atoms with Crippen molar-refractivity contribution < 1.29 is 0 Å². The summed E-state index contributed by atoms with van der Waals surface area (Å²) in [7, 11) is 2.19. The summed E-state index contributed by atoms with van der Waals surface area (Å²) in [6.07, 6.45) is 3.63. The molecule has 0 aliphatic heterocycles. The van der Waals surface area contributed by atoms with Gasteiger partial charge >= 0.3 is 0 Å². The van der Waals surface area contributed by atoms with Gasteiger partial charge in [-0.3, -0.25) is 0 Å². The maximum Gasteiger partial charge on any atom is 0.0934 e. The third kappa shape index (κ3) is 3.47. The third-order valence-corrected chi connectivity index (χ3v) is 5.15. The number of fused-ring (bicyclic) bond motifs is 1. The summed E-state index contributed by atoms with van der Waals surface area (Å²) < 4.78 is 0.936. The van der Waals surface area contributed by atoms with Crippen LogP contribution in [0.15, 0.2) is 6.07 Å². The minimum atomic E-state index is 0.535. The summed E-state index contributed by atoms with van der Waals surface area (Å²) >= 11 is 7.81. The Labute approximate surface area is 119 Å². The minimum absolute atomic E-state index is 0.535. The van der Waals surface area contributed by atoms with Crippen LogP contribution in [-0.2, 0) is 6.42 Å². The molecule has 4 heteroatoms. The second kappa shape index (κ2) is 6.38. The molecule has 1 aliphatic rings. The smallest absolute Gasteiger partial charge is 0.0934 e. The molecular formula is C14H23ClN2S. The fourth-order valence-electron chi connectivity index (χ4n) is 2.41. The van der Waals surface area contributed by atoms with Crippen molar-refractivity contribution in [2.45, 2.75) is 45.2 Å². The fraction of sp³-hybridized carbons (Fsp3) is 0.714. The molecule has 1 aromatic heterocycles. The number of hydrogen-bond donors (Lipinski definition) is 1. The summed E-state index contributed by atoms with van der Waals surface area (Å²) in [5.41, 5.74) is 1.45. The zero-order valence-corrected chi connectivity index (χ0v) is 13.1. The molecule has 0 saturated carbocycles. The van der Waals surface area contributed by atoms with Gasteiger partial charge in [-0.2, -0.15) is 0 Å². The van der Waals surface area contributed by atoms with Gasteiger partial charge in [0.15, 0.2) is 0 Å². The van der Waals surface area contributed by atoms with E-state index in [4.69, 9.17) is 11.6 Å². The molecule has 1 N–H and O–H groups in total. The van der Waals surface area contributed by atoms with Gasteiger partial charge in [0.1, 0.15) is 0 Å². The highest BCUT2D eigenvalue weighted by molar-refractivity contribution is 7.16. The van der Waals surface area contributed by atoms with Crippen molar-refractivity contribution in [1.29, 1.82) is 0 Å². The van der Waals surface area contributed by atoms with Gasteiger partial charge in [0.2, 0.25) is 0 Å². The summed E-state index contributed by atoms with van der Waals surface area (Å²) in [4.78, 5) is 3.88. The molecule has 0 aromatic carbocycles. The first-order valence-corrected chi connectivity index (χ1v) is 7.99. The van der Waals surface area contributed by atoms with E-state index >= 15 is 0 Å². The normalized spacial score (nSPS) is 18.9. The highest BCUT2D eigenvalue weighted by atomic mass is 35.5. The largest absolute Gasteiger partial charge is 0.310 e. The molecule has 1 aliphatic carbocycles. The zero-order valence-electron chi connectivity index (χ0n) is 11.5. The lowest BCUT2D eigenvalue weighted by atomic mass is 10.2. The van der Waals surface area contributed by atoms with Gasteiger partial charge in [-0.05, 0) is 64.9 Å². The van der Waals surface area contributed by atoms with Gasteiger partial charge in [0.25, 0.3) is 0 Å². The van der Waals surface area contributed by atoms with Crippen molar-refractivity contribution in [3.63, 3.8) is 0 Å². The van der Waals surface area contributed by atoms with E-state index in [2.05, 4.69) is 37.2 Å². The first-order chi connectivity index (χ1) is 8.58. The van der Waals surface area contributed by atoms with E-state index in [0.29, 0.717) is 12.1 Å². The molecular weight excluding hydrogens is 264 g/mol. The van der Waals surface area contributed by atoms with Crippen LogP contribution in [0.1, 0.15) is 43.2 Å². The van der Waals surface area contributed by atoms with Crippen LogP contribution in [0.5, 0.6) is 0 Å². The maximum atomic E-state index is 6.07. The Morgan fingerprint density at radius 3 is 3.06 bits per heavy atom. The number of halogens is 1. The minimum Gasteiger partial charge on any atom is -0.310 e. The van der Waals surface area contributed by atoms with E-state index in [1.807, 2.05) is 0 Å². The Hall–Kier alpha value is -0.0900. The second-order valence-electron chi connectivity index (χ2n) is 5.40. The Bertz CT molecular complexity index is 389. The number of nitrogens with one attached hydrogen (secondary N) is 1. The van der Waals surface area contributed by atoms with Crippen molar-refractivity contribution in [1.82, 2.24) is 10.2 Å². The molecule has 102 valence electrons. The Morgan fingerprint density at radius 2 is 2.33 bits per heavy atom. The van der Waals surface area contributed by atoms with Crippen LogP contribution in [0.25, 0.3) is 0 Å². The number of hydrogen-bond acceptors (Lipinski definition) is 3. The van der Waals surface area contributed by atoms with Crippen LogP contribution in [-0.4, -0.2) is 31.1 Å². The molecule has 18 heavy (non-hydrogen) atoms. The average molecular weight is 287 g/mol. The lowest BCUT2D eigenvalue weighted by molar-refractivity contribution is 0.267. The SMILES string of the molecule is CC(C)N(C)CCCNC1CCc2sc(Cl)cc21. The Kier molecular flexibility index (Phi) is 5.07. The second-order valence-corrected chi connectivity index (χ2v) is 7.17. The standard InChI is InChI=1S/C14H23ClN2S/c1-10(2)17(3)8-4-7-16-12-5-6-13-11(12)9-14(15)18-13/h9-10,12,16H,4-8H2,1-3H3. The number of aryl methyl sites for hydroxylation is 1. The van der Waals surface area contributed by atoms with E-state index < -0.39 is 0 Å². The van der Waals surface area contributed by atoms with Crippen molar-refractivity contribution in [2.24, 2.45) is 0 Å². The van der Waals surface area contributed by atoms with Gasteiger partial charge < -0.3 is 10.2 Å². The Morgan fingerprint density at radius 1 is 1.56 bits per heavy atom. The van der Waals surface area contributed by atoms with Crippen LogP contribution < -0.4 is 5.32 Å². The highest BCUT2D eigenvalue weighted by Crippen LogP contribution is 2.39. The molecule has 0 bridgehead atoms. The van der Waals surface area contributed by atoms with Gasteiger partial charge in [0, 0.05) is 17.0 Å². The molecule has 1 unspecified atom stereocenters. The lowest BCUT2D eigenvalue weighted by Crippen LogP contribution is -2.30. The van der Waals surface area contributed by atoms with Crippen molar-refractivity contribution >= 4 is 22.9 Å². The molecule has 0 fully saturated rings. The first kappa shape index (κ1) is 14.3. The molecule has 0 spiro atoms. The summed E-state index contributed by atoms with van der Waals surface area (Å²) in [6.45, 7) is 6.73. The van der Waals surface area contributed by atoms with Gasteiger partial charge in [-0.25, -0.2) is 0 Å². The molecule has 0 saturated heterocycles. The number of nitrogens with zero attached hydrogens (tertiary/aromatic N) is 1. The topological polar surface area (TPSA) is 15.3 Å². The van der Waals surface area contributed by atoms with Crippen molar-refractivity contribution in [3.8, 4) is 0 Å². The zero-order chi connectivity index (χ0) is 13.1. The molecule has 0 amide bonds. The van der Waals surface area contributed by atoms with E-state index in [1.165, 1.54) is 29.7 Å². The van der Waals surface area contributed by atoms with Crippen LogP contribution >= 0.6 is 22.9 Å². The fourth-order valence-corrected chi connectivity index (χ4v) is 3.76. The van der Waals surface area contributed by atoms with Crippen LogP contribution in [0.4, 0.5) is 0 Å². The highest BCUT2D eigenvalue weighted by Gasteiger charge is 2.24. The molecule has 2 rings (SSSR count). The summed E-state index contributed by atoms with van der Waals surface area (Å²) in [6, 6.07) is 3.32. The van der Waals surface area contributed by atoms with E-state index in [1.54, 1.807) is 11.3 Å². The molecule has 1 aromatic rings. The van der Waals surface area contributed by atoms with Crippen LogP contribution in [0.3, 0.4) is 0 Å². The quantitative estimate of drug-likeness (QED) is 0.802. The predicted octanol–water partition coefficient (Wildman–Crippen LogP) is 3.71. The third-order valence-electron chi connectivity index (χ3n) is 3.81. The predicted molar refractivity (Wildman–Crippen MR) is 80.8 cm³/mol. The van der Waals surface area contributed by atoms with Gasteiger partial charge in [-0.1, -0.05) is 11.6 Å². The lowest BCUT2D eigenvalue weighted by Gasteiger charge is -2.21. The van der Waals surface area contributed by atoms with Crippen LogP contribution in [0, 0.1) is 0 Å². The van der Waals surface area contributed by atoms with Crippen molar-refractivity contribution in [2.75, 3.05) is 20.1 Å². The van der Waals surface area contributed by atoms with Gasteiger partial charge in [0.05, 0.1) is 4.34 Å². The molecule has 1 atom stereocenters. The number of thiophene rings is 1. The Balaban J connectivity index is 1.72. The molecule has 2 nitrogen and oxygen atoms in total. The van der Waals surface area contributed by atoms with E-state index in [-0.39, 0.29) is 0 Å². The number of rotatable bonds is 6. The summed E-state index contributed by atoms with van der Waals surface area (Å²) in [5.74, 6) is 0. The molecule has 1 heterocycles. The van der Waals surface area contributed by atoms with E-state index in [9.17, 15) is 0 Å².